The predicted octanol–water partition coefficient (Wildman–Crippen LogP) is 4.22. The Bertz CT molecular complexity index is 988. The van der Waals surface area contributed by atoms with Gasteiger partial charge in [-0.25, -0.2) is 13.2 Å². The van der Waals surface area contributed by atoms with Gasteiger partial charge in [-0.15, -0.1) is 6.58 Å². The number of methoxy groups -OCH3 is 1. The van der Waals surface area contributed by atoms with Gasteiger partial charge in [-0.2, -0.15) is 0 Å². The maximum atomic E-state index is 13.3. The first kappa shape index (κ1) is 21.8. The smallest absolute Gasteiger partial charge is 0.338 e. The third-order valence-corrected chi connectivity index (χ3v) is 6.15. The van der Waals surface area contributed by atoms with Gasteiger partial charge in [0.15, 0.2) is 0 Å². The van der Waals surface area contributed by atoms with Crippen molar-refractivity contribution in [3.05, 3.63) is 65.2 Å². The molecular weight excluding hydrogens is 402 g/mol. The quantitative estimate of drug-likeness (QED) is 0.469. The Hall–Kier alpha value is -2.51. The van der Waals surface area contributed by atoms with Gasteiger partial charge >= 0.3 is 5.97 Å². The van der Waals surface area contributed by atoms with Crippen LogP contribution in [0.1, 0.15) is 22.8 Å². The number of carbonyl (C=O) groups excluding carboxylic acids is 1. The summed E-state index contributed by atoms with van der Waals surface area (Å²) in [7, 11) is -2.52. The van der Waals surface area contributed by atoms with Crippen molar-refractivity contribution in [3.8, 4) is 5.75 Å². The molecule has 0 saturated carbocycles. The van der Waals surface area contributed by atoms with E-state index in [1.807, 2.05) is 0 Å². The van der Waals surface area contributed by atoms with E-state index in [1.165, 1.54) is 35.7 Å². The van der Waals surface area contributed by atoms with Crippen molar-refractivity contribution < 1.29 is 22.7 Å². The van der Waals surface area contributed by atoms with Crippen LogP contribution >= 0.6 is 11.6 Å². The molecule has 0 aliphatic carbocycles. The zero-order chi connectivity index (χ0) is 20.9. The molecule has 2 rings (SSSR count). The molecular formula is C20H22ClNO5S. The van der Waals surface area contributed by atoms with Crippen molar-refractivity contribution in [3.63, 3.8) is 0 Å². The Labute approximate surface area is 170 Å². The Kier molecular flexibility index (Phi) is 7.10. The molecule has 0 unspecified atom stereocenters. The van der Waals surface area contributed by atoms with Crippen LogP contribution in [-0.4, -0.2) is 34.6 Å². The van der Waals surface area contributed by atoms with E-state index in [2.05, 4.69) is 6.58 Å². The first-order valence-electron chi connectivity index (χ1n) is 8.51. The van der Waals surface area contributed by atoms with E-state index >= 15 is 0 Å². The van der Waals surface area contributed by atoms with Crippen molar-refractivity contribution in [1.82, 2.24) is 0 Å². The molecule has 0 atom stereocenters. The van der Waals surface area contributed by atoms with E-state index < -0.39 is 16.0 Å². The summed E-state index contributed by atoms with van der Waals surface area (Å²) in [6, 6.07) is 9.07. The second-order valence-corrected chi connectivity index (χ2v) is 8.06. The maximum Gasteiger partial charge on any atom is 0.338 e. The fourth-order valence-electron chi connectivity index (χ4n) is 2.70. The number of ether oxygens (including phenoxy) is 2. The number of sulfonamides is 1. The minimum Gasteiger partial charge on any atom is -0.495 e. The minimum absolute atomic E-state index is 0.00101. The summed E-state index contributed by atoms with van der Waals surface area (Å²) >= 11 is 6.11. The van der Waals surface area contributed by atoms with Crippen molar-refractivity contribution in [2.45, 2.75) is 18.7 Å². The molecule has 0 amide bonds. The van der Waals surface area contributed by atoms with Gasteiger partial charge in [-0.1, -0.05) is 23.7 Å². The number of benzene rings is 2. The molecule has 0 aliphatic rings. The zero-order valence-electron chi connectivity index (χ0n) is 15.9. The van der Waals surface area contributed by atoms with Crippen molar-refractivity contribution in [2.75, 3.05) is 24.6 Å². The van der Waals surface area contributed by atoms with E-state index in [0.29, 0.717) is 22.6 Å². The van der Waals surface area contributed by atoms with Crippen molar-refractivity contribution in [2.24, 2.45) is 0 Å². The number of rotatable bonds is 8. The average Bonchev–Trinajstić information content (AvgIpc) is 2.66. The van der Waals surface area contributed by atoms with E-state index in [0.717, 1.165) is 0 Å². The number of hydrogen-bond acceptors (Lipinski definition) is 5. The molecule has 0 spiro atoms. The Balaban J connectivity index is 2.59. The number of esters is 1. The van der Waals surface area contributed by atoms with Crippen LogP contribution in [0.25, 0.3) is 0 Å². The SMILES string of the molecule is C=CCN(c1cccc(C(=O)OCC)c1C)S(=O)(=O)c1ccc(OC)c(Cl)c1. The maximum absolute atomic E-state index is 13.3. The zero-order valence-corrected chi connectivity index (χ0v) is 17.5. The lowest BCUT2D eigenvalue weighted by atomic mass is 10.1. The topological polar surface area (TPSA) is 72.9 Å². The molecule has 0 saturated heterocycles. The van der Waals surface area contributed by atoms with Gasteiger partial charge in [-0.05, 0) is 49.7 Å². The molecule has 0 aromatic heterocycles. The van der Waals surface area contributed by atoms with Crippen LogP contribution in [0.2, 0.25) is 5.02 Å². The van der Waals surface area contributed by atoms with Gasteiger partial charge < -0.3 is 9.47 Å². The molecule has 8 heteroatoms. The lowest BCUT2D eigenvalue weighted by Gasteiger charge is -2.26. The highest BCUT2D eigenvalue weighted by Crippen LogP contribution is 2.32. The Morgan fingerprint density at radius 1 is 1.29 bits per heavy atom. The van der Waals surface area contributed by atoms with E-state index in [9.17, 15) is 13.2 Å². The second-order valence-electron chi connectivity index (χ2n) is 5.79. The van der Waals surface area contributed by atoms with Gasteiger partial charge in [0.2, 0.25) is 0 Å². The highest BCUT2D eigenvalue weighted by Gasteiger charge is 2.27. The van der Waals surface area contributed by atoms with Crippen LogP contribution in [0.15, 0.2) is 53.9 Å². The van der Waals surface area contributed by atoms with Gasteiger partial charge in [-0.3, -0.25) is 4.31 Å². The summed E-state index contributed by atoms with van der Waals surface area (Å²) in [5.74, 6) is -0.137. The minimum atomic E-state index is -3.97. The summed E-state index contributed by atoms with van der Waals surface area (Å²) < 4.78 is 37.9. The van der Waals surface area contributed by atoms with Crippen molar-refractivity contribution in [1.29, 1.82) is 0 Å². The van der Waals surface area contributed by atoms with Gasteiger partial charge in [0, 0.05) is 0 Å². The first-order chi connectivity index (χ1) is 13.3. The largest absolute Gasteiger partial charge is 0.495 e. The van der Waals surface area contributed by atoms with Crippen LogP contribution in [0.3, 0.4) is 0 Å². The first-order valence-corrected chi connectivity index (χ1v) is 10.3. The van der Waals surface area contributed by atoms with Crippen LogP contribution in [0.4, 0.5) is 5.69 Å². The number of anilines is 1. The number of nitrogens with zero attached hydrogens (tertiary/aromatic N) is 1. The fraction of sp³-hybridized carbons (Fsp3) is 0.250. The molecule has 0 bridgehead atoms. The number of hydrogen-bond donors (Lipinski definition) is 0. The molecule has 0 fully saturated rings. The monoisotopic (exact) mass is 423 g/mol. The summed E-state index contributed by atoms with van der Waals surface area (Å²) in [6.45, 7) is 7.27. The normalized spacial score (nSPS) is 11.0. The molecule has 6 nitrogen and oxygen atoms in total. The fourth-order valence-corrected chi connectivity index (χ4v) is 4.54. The van der Waals surface area contributed by atoms with E-state index in [-0.39, 0.29) is 23.1 Å². The Morgan fingerprint density at radius 3 is 2.57 bits per heavy atom. The summed E-state index contributed by atoms with van der Waals surface area (Å²) in [5, 5.41) is 0.180. The highest BCUT2D eigenvalue weighted by molar-refractivity contribution is 7.92. The molecule has 0 radical (unpaired) electrons. The highest BCUT2D eigenvalue weighted by atomic mass is 35.5. The van der Waals surface area contributed by atoms with Crippen LogP contribution in [0.5, 0.6) is 5.75 Å². The van der Waals surface area contributed by atoms with Crippen LogP contribution in [-0.2, 0) is 14.8 Å². The van der Waals surface area contributed by atoms with Crippen LogP contribution < -0.4 is 9.04 Å². The molecule has 2 aromatic rings. The molecule has 0 heterocycles. The summed E-state index contributed by atoms with van der Waals surface area (Å²) in [6.07, 6.45) is 1.47. The van der Waals surface area contributed by atoms with E-state index in [1.54, 1.807) is 32.0 Å². The van der Waals surface area contributed by atoms with Gasteiger partial charge in [0.25, 0.3) is 10.0 Å². The number of halogens is 1. The predicted molar refractivity (Wildman–Crippen MR) is 110 cm³/mol. The lowest BCUT2D eigenvalue weighted by Crippen LogP contribution is -2.32. The summed E-state index contributed by atoms with van der Waals surface area (Å²) in [4.78, 5) is 12.2. The third kappa shape index (κ3) is 4.31. The molecule has 0 aliphatic heterocycles. The second kappa shape index (κ2) is 9.12. The van der Waals surface area contributed by atoms with Gasteiger partial charge in [0.05, 0.1) is 41.4 Å². The van der Waals surface area contributed by atoms with Gasteiger partial charge in [0.1, 0.15) is 5.75 Å². The molecule has 28 heavy (non-hydrogen) atoms. The molecule has 0 N–H and O–H groups in total. The third-order valence-electron chi connectivity index (χ3n) is 4.08. The average molecular weight is 424 g/mol. The van der Waals surface area contributed by atoms with Crippen molar-refractivity contribution >= 4 is 33.3 Å². The summed E-state index contributed by atoms with van der Waals surface area (Å²) in [5.41, 5.74) is 1.15. The lowest BCUT2D eigenvalue weighted by molar-refractivity contribution is 0.0525. The molecule has 2 aromatic carbocycles. The van der Waals surface area contributed by atoms with Crippen LogP contribution in [0, 0.1) is 6.92 Å². The Morgan fingerprint density at radius 2 is 2.00 bits per heavy atom. The standard InChI is InChI=1S/C20H22ClNO5S/c1-5-12-22(18-9-7-8-16(14(18)3)20(23)27-6-2)28(24,25)15-10-11-19(26-4)17(21)13-15/h5,7-11,13H,1,6,12H2,2-4H3. The molecule has 150 valence electrons. The van der Waals surface area contributed by atoms with E-state index in [4.69, 9.17) is 21.1 Å². The number of carbonyl (C=O) groups is 1.